The Morgan fingerprint density at radius 1 is 0.962 bits per heavy atom. The van der Waals surface area contributed by atoms with E-state index >= 15 is 0 Å². The second-order valence-electron chi connectivity index (χ2n) is 6.32. The van der Waals surface area contributed by atoms with Gasteiger partial charge in [0.25, 0.3) is 0 Å². The Morgan fingerprint density at radius 3 is 2.54 bits per heavy atom. The van der Waals surface area contributed by atoms with Crippen LogP contribution in [0.4, 0.5) is 8.78 Å². The van der Waals surface area contributed by atoms with Gasteiger partial charge in [0.05, 0.1) is 20.3 Å². The minimum absolute atomic E-state index is 0.388. The van der Waals surface area contributed by atoms with Crippen molar-refractivity contribution in [3.8, 4) is 11.5 Å². The number of methoxy groups -OCH3 is 2. The van der Waals surface area contributed by atoms with E-state index in [0.717, 1.165) is 44.2 Å². The van der Waals surface area contributed by atoms with E-state index in [1.807, 2.05) is 18.2 Å². The van der Waals surface area contributed by atoms with Crippen LogP contribution in [-0.2, 0) is 0 Å². The molecule has 3 rings (SSSR count). The Bertz CT molecular complexity index is 747. The number of rotatable bonds is 5. The van der Waals surface area contributed by atoms with Crippen LogP contribution in [0.25, 0.3) is 0 Å². The van der Waals surface area contributed by atoms with Gasteiger partial charge in [-0.25, -0.2) is 8.78 Å². The maximum atomic E-state index is 14.7. The van der Waals surface area contributed by atoms with Crippen molar-refractivity contribution in [2.75, 3.05) is 40.4 Å². The Labute approximate surface area is 152 Å². The van der Waals surface area contributed by atoms with Gasteiger partial charge in [-0.3, -0.25) is 4.90 Å². The Kier molecular flexibility index (Phi) is 6.06. The lowest BCUT2D eigenvalue weighted by atomic mass is 9.95. The van der Waals surface area contributed by atoms with Crippen LogP contribution in [0.2, 0.25) is 0 Å². The lowest BCUT2D eigenvalue weighted by Gasteiger charge is -2.32. The summed E-state index contributed by atoms with van der Waals surface area (Å²) in [4.78, 5) is 2.20. The predicted molar refractivity (Wildman–Crippen MR) is 96.8 cm³/mol. The van der Waals surface area contributed by atoms with Gasteiger partial charge in [-0.2, -0.15) is 0 Å². The smallest absolute Gasteiger partial charge is 0.131 e. The van der Waals surface area contributed by atoms with Crippen LogP contribution < -0.4 is 14.8 Å². The maximum Gasteiger partial charge on any atom is 0.131 e. The van der Waals surface area contributed by atoms with Crippen LogP contribution in [0.5, 0.6) is 11.5 Å². The lowest BCUT2D eigenvalue weighted by molar-refractivity contribution is 0.231. The van der Waals surface area contributed by atoms with Crippen molar-refractivity contribution < 1.29 is 18.3 Å². The second kappa shape index (κ2) is 8.47. The number of nitrogens with one attached hydrogen (secondary N) is 1. The molecule has 0 bridgehead atoms. The van der Waals surface area contributed by atoms with E-state index in [4.69, 9.17) is 9.47 Å². The van der Waals surface area contributed by atoms with E-state index in [0.29, 0.717) is 17.1 Å². The van der Waals surface area contributed by atoms with Gasteiger partial charge in [0, 0.05) is 36.8 Å². The molecule has 2 aromatic carbocycles. The third-order valence-corrected chi connectivity index (χ3v) is 4.73. The summed E-state index contributed by atoms with van der Waals surface area (Å²) in [5.41, 5.74) is 1.24. The summed E-state index contributed by atoms with van der Waals surface area (Å²) in [6.07, 6.45) is 0.950. The largest absolute Gasteiger partial charge is 0.497 e. The van der Waals surface area contributed by atoms with Crippen LogP contribution in [0.15, 0.2) is 36.4 Å². The highest BCUT2D eigenvalue weighted by molar-refractivity contribution is 5.46. The summed E-state index contributed by atoms with van der Waals surface area (Å²) < 4.78 is 39.1. The molecule has 140 valence electrons. The first-order chi connectivity index (χ1) is 12.6. The molecule has 4 nitrogen and oxygen atoms in total. The van der Waals surface area contributed by atoms with E-state index in [9.17, 15) is 8.78 Å². The average molecular weight is 362 g/mol. The molecule has 1 heterocycles. The van der Waals surface area contributed by atoms with Gasteiger partial charge in [0.1, 0.15) is 23.1 Å². The molecule has 0 spiro atoms. The molecule has 0 aromatic heterocycles. The van der Waals surface area contributed by atoms with Crippen LogP contribution >= 0.6 is 0 Å². The molecule has 1 atom stereocenters. The van der Waals surface area contributed by atoms with Gasteiger partial charge < -0.3 is 14.8 Å². The van der Waals surface area contributed by atoms with Crippen LogP contribution in [0, 0.1) is 11.6 Å². The number of nitrogens with zero attached hydrogens (tertiary/aromatic N) is 1. The summed E-state index contributed by atoms with van der Waals surface area (Å²) in [5.74, 6) is 0.176. The van der Waals surface area contributed by atoms with Crippen molar-refractivity contribution in [2.45, 2.75) is 12.5 Å². The van der Waals surface area contributed by atoms with Gasteiger partial charge in [-0.15, -0.1) is 0 Å². The molecule has 0 radical (unpaired) electrons. The average Bonchev–Trinajstić information content (AvgIpc) is 2.93. The highest BCUT2D eigenvalue weighted by Gasteiger charge is 2.29. The minimum atomic E-state index is -0.583. The molecule has 1 fully saturated rings. The van der Waals surface area contributed by atoms with E-state index in [-0.39, 0.29) is 6.04 Å². The summed E-state index contributed by atoms with van der Waals surface area (Å²) in [6, 6.07) is 8.86. The van der Waals surface area contributed by atoms with Crippen molar-refractivity contribution in [2.24, 2.45) is 0 Å². The van der Waals surface area contributed by atoms with Crippen LogP contribution in [0.1, 0.15) is 23.6 Å². The van der Waals surface area contributed by atoms with Crippen molar-refractivity contribution in [3.05, 3.63) is 59.2 Å². The zero-order valence-electron chi connectivity index (χ0n) is 15.1. The predicted octanol–water partition coefficient (Wildman–Crippen LogP) is 3.37. The lowest BCUT2D eigenvalue weighted by Crippen LogP contribution is -2.33. The molecule has 1 aliphatic heterocycles. The molecule has 0 amide bonds. The summed E-state index contributed by atoms with van der Waals surface area (Å²) in [6.45, 7) is 3.28. The minimum Gasteiger partial charge on any atom is -0.497 e. The van der Waals surface area contributed by atoms with Gasteiger partial charge in [0.15, 0.2) is 0 Å². The molecule has 6 heteroatoms. The number of ether oxygens (including phenoxy) is 2. The Balaban J connectivity index is 2.14. The van der Waals surface area contributed by atoms with E-state index in [1.165, 1.54) is 12.1 Å². The molecular weight excluding hydrogens is 338 g/mol. The van der Waals surface area contributed by atoms with Gasteiger partial charge in [-0.05, 0) is 37.2 Å². The van der Waals surface area contributed by atoms with E-state index in [2.05, 4.69) is 10.2 Å². The molecule has 0 saturated carbocycles. The number of benzene rings is 2. The Morgan fingerprint density at radius 2 is 1.81 bits per heavy atom. The molecule has 26 heavy (non-hydrogen) atoms. The standard InChI is InChI=1S/C20H24F2N2O2/c1-25-15-5-7-19(26-2)17(13-15)20(24-10-3-8-23-9-11-24)16-6-4-14(21)12-18(16)22/h4-7,12-13,20,23H,3,8-11H2,1-2H3. The van der Waals surface area contributed by atoms with Gasteiger partial charge in [-0.1, -0.05) is 6.07 Å². The van der Waals surface area contributed by atoms with Crippen LogP contribution in [0.3, 0.4) is 0 Å². The van der Waals surface area contributed by atoms with Crippen molar-refractivity contribution in [1.82, 2.24) is 10.2 Å². The summed E-state index contributed by atoms with van der Waals surface area (Å²) in [7, 11) is 3.18. The third kappa shape index (κ3) is 3.97. The van der Waals surface area contributed by atoms with Gasteiger partial charge in [0.2, 0.25) is 0 Å². The van der Waals surface area contributed by atoms with Crippen LogP contribution in [-0.4, -0.2) is 45.3 Å². The van der Waals surface area contributed by atoms with Gasteiger partial charge >= 0.3 is 0 Å². The topological polar surface area (TPSA) is 33.7 Å². The monoisotopic (exact) mass is 362 g/mol. The Hall–Kier alpha value is -2.18. The fourth-order valence-electron chi connectivity index (χ4n) is 3.46. The SMILES string of the molecule is COc1ccc(OC)c(C(c2ccc(F)cc2F)N2CCCNCC2)c1. The fraction of sp³-hybridized carbons (Fsp3) is 0.400. The zero-order chi connectivity index (χ0) is 18.5. The summed E-state index contributed by atoms with van der Waals surface area (Å²) >= 11 is 0. The molecule has 1 unspecified atom stereocenters. The first kappa shape index (κ1) is 18.6. The molecule has 2 aromatic rings. The van der Waals surface area contributed by atoms with Crippen molar-refractivity contribution in [3.63, 3.8) is 0 Å². The second-order valence-corrected chi connectivity index (χ2v) is 6.32. The normalized spacial score (nSPS) is 16.8. The number of halogens is 2. The molecule has 1 aliphatic rings. The third-order valence-electron chi connectivity index (χ3n) is 4.73. The zero-order valence-corrected chi connectivity index (χ0v) is 15.1. The molecular formula is C20H24F2N2O2. The maximum absolute atomic E-state index is 14.7. The fourth-order valence-corrected chi connectivity index (χ4v) is 3.46. The molecule has 1 N–H and O–H groups in total. The van der Waals surface area contributed by atoms with E-state index in [1.54, 1.807) is 14.2 Å². The van der Waals surface area contributed by atoms with Crippen molar-refractivity contribution in [1.29, 1.82) is 0 Å². The summed E-state index contributed by atoms with van der Waals surface area (Å²) in [5, 5.41) is 3.36. The molecule has 0 aliphatic carbocycles. The van der Waals surface area contributed by atoms with Crippen molar-refractivity contribution >= 4 is 0 Å². The molecule has 1 saturated heterocycles. The highest BCUT2D eigenvalue weighted by Crippen LogP contribution is 2.38. The van der Waals surface area contributed by atoms with E-state index < -0.39 is 11.6 Å². The quantitative estimate of drug-likeness (QED) is 0.884. The first-order valence-electron chi connectivity index (χ1n) is 8.75. The number of hydrogen-bond donors (Lipinski definition) is 1. The first-order valence-corrected chi connectivity index (χ1v) is 8.75. The highest BCUT2D eigenvalue weighted by atomic mass is 19.1. The number of hydrogen-bond acceptors (Lipinski definition) is 4.